The van der Waals surface area contributed by atoms with E-state index in [-0.39, 0.29) is 6.04 Å². The first-order valence-electron chi connectivity index (χ1n) is 4.81. The van der Waals surface area contributed by atoms with Crippen molar-refractivity contribution in [3.05, 3.63) is 16.1 Å². The summed E-state index contributed by atoms with van der Waals surface area (Å²) in [6.45, 7) is 6.24. The first-order valence-corrected chi connectivity index (χ1v) is 5.69. The van der Waals surface area contributed by atoms with E-state index in [2.05, 4.69) is 30.1 Å². The lowest BCUT2D eigenvalue weighted by Gasteiger charge is -2.17. The van der Waals surface area contributed by atoms with E-state index in [1.807, 2.05) is 12.4 Å². The van der Waals surface area contributed by atoms with Crippen LogP contribution in [-0.4, -0.2) is 11.0 Å². The predicted molar refractivity (Wildman–Crippen MR) is 61.3 cm³/mol. The van der Waals surface area contributed by atoms with Crippen molar-refractivity contribution in [3.8, 4) is 12.3 Å². The Morgan fingerprint density at radius 3 is 2.86 bits per heavy atom. The number of nitrogens with zero attached hydrogens (tertiary/aromatic N) is 1. The van der Waals surface area contributed by atoms with Gasteiger partial charge in [-0.15, -0.1) is 17.8 Å². The summed E-state index contributed by atoms with van der Waals surface area (Å²) >= 11 is 1.68. The zero-order valence-electron chi connectivity index (χ0n) is 8.87. The Morgan fingerprint density at radius 2 is 2.43 bits per heavy atom. The normalized spacial score (nSPS) is 14.7. The smallest absolute Gasteiger partial charge is 0.0798 e. The third-order valence-electron chi connectivity index (χ3n) is 2.24. The molecular weight excluding hydrogens is 192 g/mol. The summed E-state index contributed by atoms with van der Waals surface area (Å²) in [5.41, 5.74) is 2.97. The molecule has 0 spiro atoms. The number of rotatable bonds is 4. The monoisotopic (exact) mass is 208 g/mol. The van der Waals surface area contributed by atoms with Crippen molar-refractivity contribution in [2.24, 2.45) is 0 Å². The van der Waals surface area contributed by atoms with E-state index in [1.165, 1.54) is 4.88 Å². The van der Waals surface area contributed by atoms with Gasteiger partial charge in [0.2, 0.25) is 0 Å². The number of hydrogen-bond acceptors (Lipinski definition) is 3. The second-order valence-corrected chi connectivity index (χ2v) is 4.20. The van der Waals surface area contributed by atoms with Crippen molar-refractivity contribution in [3.63, 3.8) is 0 Å². The van der Waals surface area contributed by atoms with Crippen molar-refractivity contribution in [2.45, 2.75) is 39.3 Å². The minimum absolute atomic E-state index is 0.159. The molecule has 2 nitrogen and oxygen atoms in total. The molecule has 1 rings (SSSR count). The number of aryl methyl sites for hydroxylation is 1. The minimum atomic E-state index is 0.159. The van der Waals surface area contributed by atoms with Crippen LogP contribution in [0.15, 0.2) is 5.51 Å². The van der Waals surface area contributed by atoms with Crippen molar-refractivity contribution < 1.29 is 0 Å². The van der Waals surface area contributed by atoms with Crippen LogP contribution in [0.25, 0.3) is 0 Å². The van der Waals surface area contributed by atoms with Crippen LogP contribution in [-0.2, 0) is 0 Å². The predicted octanol–water partition coefficient (Wildman–Crippen LogP) is 2.51. The van der Waals surface area contributed by atoms with Gasteiger partial charge in [-0.05, 0) is 20.3 Å². The van der Waals surface area contributed by atoms with E-state index >= 15 is 0 Å². The average molecular weight is 208 g/mol. The van der Waals surface area contributed by atoms with Crippen LogP contribution in [0.3, 0.4) is 0 Å². The Labute approximate surface area is 89.8 Å². The Morgan fingerprint density at radius 1 is 1.71 bits per heavy atom. The van der Waals surface area contributed by atoms with Crippen LogP contribution >= 0.6 is 11.3 Å². The lowest BCUT2D eigenvalue weighted by molar-refractivity contribution is 0.515. The van der Waals surface area contributed by atoms with Crippen LogP contribution in [0, 0.1) is 19.3 Å². The summed E-state index contributed by atoms with van der Waals surface area (Å²) in [4.78, 5) is 5.50. The van der Waals surface area contributed by atoms with Gasteiger partial charge in [-0.25, -0.2) is 4.98 Å². The van der Waals surface area contributed by atoms with Gasteiger partial charge in [0.25, 0.3) is 0 Å². The number of hydrogen-bond donors (Lipinski definition) is 1. The fourth-order valence-corrected chi connectivity index (χ4v) is 2.21. The van der Waals surface area contributed by atoms with Gasteiger partial charge in [0.1, 0.15) is 0 Å². The summed E-state index contributed by atoms with van der Waals surface area (Å²) in [5, 5.41) is 3.39. The maximum atomic E-state index is 5.40. The molecule has 0 saturated carbocycles. The third kappa shape index (κ3) is 2.57. The van der Waals surface area contributed by atoms with Gasteiger partial charge in [0.15, 0.2) is 0 Å². The molecule has 0 radical (unpaired) electrons. The summed E-state index contributed by atoms with van der Waals surface area (Å²) in [6, 6.07) is 0.454. The quantitative estimate of drug-likeness (QED) is 0.769. The van der Waals surface area contributed by atoms with Gasteiger partial charge in [0, 0.05) is 10.9 Å². The van der Waals surface area contributed by atoms with E-state index in [9.17, 15) is 0 Å². The zero-order valence-corrected chi connectivity index (χ0v) is 9.69. The highest BCUT2D eigenvalue weighted by atomic mass is 32.1. The molecule has 0 saturated heterocycles. The van der Waals surface area contributed by atoms with Crippen molar-refractivity contribution >= 4 is 11.3 Å². The third-order valence-corrected chi connectivity index (χ3v) is 3.35. The molecule has 1 N–H and O–H groups in total. The summed E-state index contributed by atoms with van der Waals surface area (Å²) < 4.78 is 0. The van der Waals surface area contributed by atoms with Gasteiger partial charge in [0.05, 0.1) is 17.2 Å². The van der Waals surface area contributed by atoms with Crippen LogP contribution in [0.1, 0.15) is 36.9 Å². The van der Waals surface area contributed by atoms with Crippen molar-refractivity contribution in [1.29, 1.82) is 0 Å². The molecule has 1 aromatic heterocycles. The van der Waals surface area contributed by atoms with E-state index < -0.39 is 0 Å². The summed E-state index contributed by atoms with van der Waals surface area (Å²) in [5.74, 6) is 2.74. The Bertz CT molecular complexity index is 324. The summed E-state index contributed by atoms with van der Waals surface area (Å²) in [6.07, 6.45) is 6.36. The first-order chi connectivity index (χ1) is 6.69. The molecule has 3 heteroatoms. The molecule has 0 aliphatic heterocycles. The molecular formula is C11H16N2S. The second kappa shape index (κ2) is 5.14. The molecule has 0 aliphatic carbocycles. The maximum Gasteiger partial charge on any atom is 0.0798 e. The number of terminal acetylenes is 1. The van der Waals surface area contributed by atoms with E-state index in [1.54, 1.807) is 11.3 Å². The lowest BCUT2D eigenvalue weighted by atomic mass is 10.2. The standard InChI is InChI=1S/C11H16N2S/c1-5-10(6-2)13-9(4)11-8(3)12-7-14-11/h1,7,9-10,13H,6H2,2-4H3. The van der Waals surface area contributed by atoms with E-state index in [4.69, 9.17) is 6.42 Å². The molecule has 2 atom stereocenters. The van der Waals surface area contributed by atoms with Crippen LogP contribution in [0.2, 0.25) is 0 Å². The molecule has 0 aliphatic rings. The fourth-order valence-electron chi connectivity index (χ4n) is 1.39. The molecule has 0 bridgehead atoms. The van der Waals surface area contributed by atoms with Gasteiger partial charge >= 0.3 is 0 Å². The largest absolute Gasteiger partial charge is 0.296 e. The number of aromatic nitrogens is 1. The molecule has 1 heterocycles. The molecule has 0 fully saturated rings. The number of nitrogens with one attached hydrogen (secondary N) is 1. The molecule has 0 aromatic carbocycles. The average Bonchev–Trinajstić information content (AvgIpc) is 2.60. The molecule has 14 heavy (non-hydrogen) atoms. The van der Waals surface area contributed by atoms with Gasteiger partial charge in [-0.3, -0.25) is 5.32 Å². The SMILES string of the molecule is C#CC(CC)NC(C)c1scnc1C. The highest BCUT2D eigenvalue weighted by Gasteiger charge is 2.13. The van der Waals surface area contributed by atoms with Crippen molar-refractivity contribution in [2.75, 3.05) is 0 Å². The van der Waals surface area contributed by atoms with E-state index in [0.29, 0.717) is 6.04 Å². The summed E-state index contributed by atoms with van der Waals surface area (Å²) in [7, 11) is 0. The van der Waals surface area contributed by atoms with Crippen LogP contribution in [0.5, 0.6) is 0 Å². The highest BCUT2D eigenvalue weighted by molar-refractivity contribution is 7.09. The van der Waals surface area contributed by atoms with E-state index in [0.717, 1.165) is 12.1 Å². The molecule has 76 valence electrons. The van der Waals surface area contributed by atoms with Gasteiger partial charge < -0.3 is 0 Å². The first kappa shape index (κ1) is 11.2. The Balaban J connectivity index is 2.63. The molecule has 0 amide bonds. The van der Waals surface area contributed by atoms with Crippen LogP contribution < -0.4 is 5.32 Å². The fraction of sp³-hybridized carbons (Fsp3) is 0.545. The van der Waals surface area contributed by atoms with Gasteiger partial charge in [-0.1, -0.05) is 12.8 Å². The molecule has 2 unspecified atom stereocenters. The zero-order chi connectivity index (χ0) is 10.6. The lowest BCUT2D eigenvalue weighted by Crippen LogP contribution is -2.29. The Hall–Kier alpha value is -0.850. The second-order valence-electron chi connectivity index (χ2n) is 3.32. The maximum absolute atomic E-state index is 5.40. The number of thiazole rings is 1. The highest BCUT2D eigenvalue weighted by Crippen LogP contribution is 2.21. The topological polar surface area (TPSA) is 24.9 Å². The Kier molecular flexibility index (Phi) is 4.12. The van der Waals surface area contributed by atoms with Crippen LogP contribution in [0.4, 0.5) is 0 Å². The molecule has 1 aromatic rings. The minimum Gasteiger partial charge on any atom is -0.296 e. The van der Waals surface area contributed by atoms with Crippen molar-refractivity contribution in [1.82, 2.24) is 10.3 Å². The van der Waals surface area contributed by atoms with Gasteiger partial charge in [-0.2, -0.15) is 0 Å².